The number of aliphatic hydroxyl groups is 2. The summed E-state index contributed by atoms with van der Waals surface area (Å²) < 4.78 is 13.2. The van der Waals surface area contributed by atoms with Crippen molar-refractivity contribution < 1.29 is 39.2 Å². The number of nitrogens with zero attached hydrogens (tertiary/aromatic N) is 3. The molecule has 0 radical (unpaired) electrons. The van der Waals surface area contributed by atoms with Gasteiger partial charge in [-0.05, 0) is 36.2 Å². The third-order valence-corrected chi connectivity index (χ3v) is 6.92. The molecule has 3 heterocycles. The number of hydrogen-bond acceptors (Lipinski definition) is 10. The Morgan fingerprint density at radius 1 is 1.00 bits per heavy atom. The Morgan fingerprint density at radius 3 is 2.49 bits per heavy atom. The minimum absolute atomic E-state index is 0.00931. The Morgan fingerprint density at radius 2 is 1.76 bits per heavy atom. The van der Waals surface area contributed by atoms with Crippen molar-refractivity contribution in [1.82, 2.24) is 14.5 Å². The maximum Gasteiger partial charge on any atom is 0.336 e. The number of aromatic nitrogens is 3. The molecule has 4 aromatic rings. The molecule has 0 spiro atoms. The highest BCUT2D eigenvalue weighted by Gasteiger charge is 2.44. The number of primary amides is 1. The first-order valence-electron chi connectivity index (χ1n) is 12.7. The lowest BCUT2D eigenvalue weighted by Gasteiger charge is -2.18. The van der Waals surface area contributed by atoms with E-state index in [1.165, 1.54) is 35.3 Å². The van der Waals surface area contributed by atoms with Crippen LogP contribution in [0.25, 0.3) is 11.2 Å². The molecule has 0 unspecified atom stereocenters. The number of aryl methyl sites for hydroxylation is 1. The van der Waals surface area contributed by atoms with Crippen molar-refractivity contribution in [1.29, 1.82) is 0 Å². The molecule has 0 saturated carbocycles. The third-order valence-electron chi connectivity index (χ3n) is 6.92. The molecule has 0 aliphatic carbocycles. The molecule has 1 aliphatic heterocycles. The second-order valence-corrected chi connectivity index (χ2v) is 9.55. The maximum atomic E-state index is 12.7. The van der Waals surface area contributed by atoms with Gasteiger partial charge >= 0.3 is 5.97 Å². The van der Waals surface area contributed by atoms with Crippen molar-refractivity contribution in [3.8, 4) is 5.75 Å². The van der Waals surface area contributed by atoms with Crippen molar-refractivity contribution in [2.45, 2.75) is 37.4 Å². The lowest BCUT2D eigenvalue weighted by Crippen LogP contribution is -2.34. The summed E-state index contributed by atoms with van der Waals surface area (Å²) in [5, 5.41) is 30.7. The first kappa shape index (κ1) is 27.7. The van der Waals surface area contributed by atoms with Gasteiger partial charge in [-0.1, -0.05) is 24.3 Å². The van der Waals surface area contributed by atoms with Gasteiger partial charge in [0.2, 0.25) is 0 Å². The van der Waals surface area contributed by atoms with Crippen LogP contribution in [0.2, 0.25) is 0 Å². The lowest BCUT2D eigenvalue weighted by molar-refractivity contribution is -0.0475. The molecule has 13 nitrogen and oxygen atoms in total. The quantitative estimate of drug-likeness (QED) is 0.174. The number of ether oxygens (including phenoxy) is 2. The summed E-state index contributed by atoms with van der Waals surface area (Å²) in [7, 11) is 0. The summed E-state index contributed by atoms with van der Waals surface area (Å²) in [6, 6.07) is 12.2. The average molecular weight is 562 g/mol. The smallest absolute Gasteiger partial charge is 0.336 e. The first-order valence-corrected chi connectivity index (χ1v) is 12.7. The SMILES string of the molecule is NC(=O)c1ccc(CCC(=O)c2ccccc2C(=O)O)cc1OC[C@H]1O[C@@H](n2cnc3c(N)ccnc32)[C@H](O)[C@@H]1O. The molecule has 0 bridgehead atoms. The zero-order valence-corrected chi connectivity index (χ0v) is 21.6. The molecular weight excluding hydrogens is 534 g/mol. The van der Waals surface area contributed by atoms with Crippen LogP contribution in [-0.2, 0) is 11.2 Å². The number of Topliss-reactive ketones (excluding diaryl/α,β-unsaturated/α-hetero) is 1. The molecule has 212 valence electrons. The standard InChI is InChI=1S/C28H27N5O8/c29-18-9-10-31-26-22(18)32-13-33(26)27-24(36)23(35)21(41-27)12-40-20-11-14(5-7-17(20)25(30)37)6-8-19(34)15-3-1-2-4-16(15)28(38)39/h1-5,7,9-11,13,21,23-24,27,35-36H,6,8,12H2,(H2,29,31)(H2,30,37)(H,38,39)/t21-,23-,24-,27-/m1/s1. The molecule has 13 heteroatoms. The largest absolute Gasteiger partial charge is 0.490 e. The van der Waals surface area contributed by atoms with Gasteiger partial charge in [-0.25, -0.2) is 14.8 Å². The fourth-order valence-corrected chi connectivity index (χ4v) is 4.76. The number of nitrogen functional groups attached to an aromatic ring is 1. The predicted octanol–water partition coefficient (Wildman–Crippen LogP) is 1.32. The molecule has 7 N–H and O–H groups in total. The van der Waals surface area contributed by atoms with Crippen LogP contribution in [-0.4, -0.2) is 72.4 Å². The number of amides is 1. The third kappa shape index (κ3) is 5.45. The van der Waals surface area contributed by atoms with Gasteiger partial charge in [0.25, 0.3) is 5.91 Å². The van der Waals surface area contributed by atoms with E-state index >= 15 is 0 Å². The van der Waals surface area contributed by atoms with Crippen molar-refractivity contribution in [2.24, 2.45) is 5.73 Å². The van der Waals surface area contributed by atoms with E-state index in [1.807, 2.05) is 0 Å². The summed E-state index contributed by atoms with van der Waals surface area (Å²) in [5.74, 6) is -2.20. The van der Waals surface area contributed by atoms with Gasteiger partial charge in [0.15, 0.2) is 17.7 Å². The predicted molar refractivity (Wildman–Crippen MR) is 144 cm³/mol. The molecule has 1 fully saturated rings. The molecular formula is C28H27N5O8. The highest BCUT2D eigenvalue weighted by molar-refractivity contribution is 6.05. The fourth-order valence-electron chi connectivity index (χ4n) is 4.76. The molecule has 2 aromatic carbocycles. The second kappa shape index (κ2) is 11.3. The van der Waals surface area contributed by atoms with E-state index in [0.717, 1.165) is 0 Å². The van der Waals surface area contributed by atoms with Crippen LogP contribution in [0.1, 0.15) is 49.3 Å². The lowest BCUT2D eigenvalue weighted by atomic mass is 9.98. The zero-order chi connectivity index (χ0) is 29.3. The number of carbonyl (C=O) groups excluding carboxylic acids is 2. The Bertz CT molecular complexity index is 1640. The number of carboxylic acid groups (broad SMARTS) is 1. The second-order valence-electron chi connectivity index (χ2n) is 9.55. The van der Waals surface area contributed by atoms with Crippen LogP contribution < -0.4 is 16.2 Å². The van der Waals surface area contributed by atoms with E-state index < -0.39 is 36.4 Å². The van der Waals surface area contributed by atoms with Crippen molar-refractivity contribution in [2.75, 3.05) is 12.3 Å². The number of carbonyl (C=O) groups is 3. The zero-order valence-electron chi connectivity index (χ0n) is 21.6. The van der Waals surface area contributed by atoms with E-state index in [0.29, 0.717) is 22.4 Å². The number of ketones is 1. The van der Waals surface area contributed by atoms with Gasteiger partial charge < -0.3 is 36.3 Å². The Hall–Kier alpha value is -4.85. The molecule has 1 saturated heterocycles. The number of anilines is 1. The van der Waals surface area contributed by atoms with E-state index in [-0.39, 0.29) is 47.7 Å². The van der Waals surface area contributed by atoms with Gasteiger partial charge in [-0.3, -0.25) is 14.2 Å². The number of pyridine rings is 1. The first-order chi connectivity index (χ1) is 19.7. The van der Waals surface area contributed by atoms with E-state index in [9.17, 15) is 29.7 Å². The fraction of sp³-hybridized carbons (Fsp3) is 0.250. The topological polar surface area (TPSA) is 213 Å². The number of benzene rings is 2. The maximum absolute atomic E-state index is 12.7. The minimum atomic E-state index is -1.34. The van der Waals surface area contributed by atoms with Gasteiger partial charge in [-0.2, -0.15) is 0 Å². The molecule has 5 rings (SSSR count). The Kier molecular flexibility index (Phi) is 7.66. The number of hydrogen-bond donors (Lipinski definition) is 5. The Labute approximate surface area is 233 Å². The molecule has 41 heavy (non-hydrogen) atoms. The molecule has 1 amide bonds. The summed E-state index contributed by atoms with van der Waals surface area (Å²) in [5.41, 5.74) is 13.4. The Balaban J connectivity index is 1.29. The van der Waals surface area contributed by atoms with Crippen LogP contribution in [0.4, 0.5) is 5.69 Å². The molecule has 1 aliphatic rings. The number of aliphatic hydroxyl groups excluding tert-OH is 2. The van der Waals surface area contributed by atoms with E-state index in [4.69, 9.17) is 20.9 Å². The van der Waals surface area contributed by atoms with Gasteiger partial charge in [0.1, 0.15) is 36.2 Å². The summed E-state index contributed by atoms with van der Waals surface area (Å²) in [6.45, 7) is -0.244. The summed E-state index contributed by atoms with van der Waals surface area (Å²) in [4.78, 5) is 44.7. The van der Waals surface area contributed by atoms with Crippen LogP contribution >= 0.6 is 0 Å². The van der Waals surface area contributed by atoms with Crippen molar-refractivity contribution >= 4 is 34.5 Å². The normalized spacial score (nSPS) is 20.2. The molecule has 2 aromatic heterocycles. The minimum Gasteiger partial charge on any atom is -0.490 e. The van der Waals surface area contributed by atoms with Gasteiger partial charge in [0.05, 0.1) is 23.1 Å². The van der Waals surface area contributed by atoms with Crippen LogP contribution in [0, 0.1) is 0 Å². The van der Waals surface area contributed by atoms with E-state index in [1.54, 1.807) is 30.3 Å². The highest BCUT2D eigenvalue weighted by atomic mass is 16.6. The van der Waals surface area contributed by atoms with Crippen LogP contribution in [0.3, 0.4) is 0 Å². The van der Waals surface area contributed by atoms with Crippen LogP contribution in [0.5, 0.6) is 5.75 Å². The number of imidazole rings is 1. The number of aromatic carboxylic acids is 1. The van der Waals surface area contributed by atoms with Gasteiger partial charge in [-0.15, -0.1) is 0 Å². The van der Waals surface area contributed by atoms with Crippen molar-refractivity contribution in [3.05, 3.63) is 83.3 Å². The summed E-state index contributed by atoms with van der Waals surface area (Å²) >= 11 is 0. The molecule has 4 atom stereocenters. The number of carboxylic acids is 1. The summed E-state index contributed by atoms with van der Waals surface area (Å²) in [6.07, 6.45) is -1.57. The van der Waals surface area contributed by atoms with Crippen molar-refractivity contribution in [3.63, 3.8) is 0 Å². The number of rotatable bonds is 10. The average Bonchev–Trinajstić information content (AvgIpc) is 3.51. The highest BCUT2D eigenvalue weighted by Crippen LogP contribution is 2.33. The van der Waals surface area contributed by atoms with Crippen LogP contribution in [0.15, 0.2) is 61.1 Å². The van der Waals surface area contributed by atoms with Gasteiger partial charge in [0, 0.05) is 18.2 Å². The monoisotopic (exact) mass is 561 g/mol. The number of fused-ring (bicyclic) bond motifs is 1. The number of nitrogens with two attached hydrogens (primary N) is 2. The van der Waals surface area contributed by atoms with E-state index in [2.05, 4.69) is 9.97 Å².